The van der Waals surface area contributed by atoms with E-state index < -0.39 is 11.9 Å². The number of fused-ring (bicyclic) bond motifs is 2. The topological polar surface area (TPSA) is 133 Å². The van der Waals surface area contributed by atoms with Crippen molar-refractivity contribution in [3.8, 4) is 16.9 Å². The number of benzene rings is 3. The maximum atomic E-state index is 12.6. The van der Waals surface area contributed by atoms with Crippen LogP contribution in [0.3, 0.4) is 0 Å². The van der Waals surface area contributed by atoms with Crippen LogP contribution in [-0.2, 0) is 29.6 Å². The van der Waals surface area contributed by atoms with Gasteiger partial charge < -0.3 is 19.6 Å². The van der Waals surface area contributed by atoms with Gasteiger partial charge >= 0.3 is 5.97 Å². The van der Waals surface area contributed by atoms with Gasteiger partial charge in [-0.3, -0.25) is 24.5 Å². The molecule has 0 spiro atoms. The number of piperidine rings is 1. The summed E-state index contributed by atoms with van der Waals surface area (Å²) in [6, 6.07) is 22.8. The van der Waals surface area contributed by atoms with Gasteiger partial charge in [0.2, 0.25) is 11.8 Å². The van der Waals surface area contributed by atoms with Gasteiger partial charge in [0.25, 0.3) is 0 Å². The van der Waals surface area contributed by atoms with Gasteiger partial charge in [0.15, 0.2) is 5.69 Å². The molecule has 5 heterocycles. The highest BCUT2D eigenvalue weighted by Crippen LogP contribution is 2.36. The van der Waals surface area contributed by atoms with Gasteiger partial charge in [-0.15, -0.1) is 0 Å². The molecule has 2 atom stereocenters. The molecule has 2 N–H and O–H groups in total. The first-order valence-corrected chi connectivity index (χ1v) is 22.6. The van der Waals surface area contributed by atoms with E-state index >= 15 is 0 Å². The standard InChI is InChI=1S/C50H59N7O5/c1-31(29-55-22-24-56(25-23-55)36-10-14-41-44(28-36)54(4)53-47(41)42-17-19-46(58)52-49(42)59)26-34-8-11-37(12-9-34)62-38-13-15-39(33(3)27-38)40-16-18-45(51-48(40)50(60)61)57-21-20-35-7-5-6-32(2)43(35)30-57/h5-7,10,13-16,18,27-28,31,34,37,42H,8-9,11-12,17,19-26,29-30H2,1-4H3,(H,60,61)(H,52,58,59). The minimum absolute atomic E-state index is 0.0771. The Bertz CT molecular complexity index is 2500. The van der Waals surface area contributed by atoms with Crippen LogP contribution in [0.2, 0.25) is 0 Å². The molecule has 4 aliphatic rings. The minimum atomic E-state index is -1.02. The Morgan fingerprint density at radius 1 is 0.871 bits per heavy atom. The maximum Gasteiger partial charge on any atom is 0.355 e. The summed E-state index contributed by atoms with van der Waals surface area (Å²) in [5.41, 5.74) is 9.40. The van der Waals surface area contributed by atoms with E-state index in [9.17, 15) is 19.5 Å². The quantitative estimate of drug-likeness (QED) is 0.127. The Labute approximate surface area is 364 Å². The number of nitrogens with zero attached hydrogens (tertiary/aromatic N) is 6. The van der Waals surface area contributed by atoms with E-state index in [-0.39, 0.29) is 23.6 Å². The van der Waals surface area contributed by atoms with Crippen LogP contribution in [0, 0.1) is 25.7 Å². The van der Waals surface area contributed by atoms with Gasteiger partial charge in [0.05, 0.1) is 23.2 Å². The number of carboxylic acid groups (broad SMARTS) is 1. The molecule has 2 aromatic heterocycles. The van der Waals surface area contributed by atoms with Crippen LogP contribution in [0.5, 0.6) is 5.75 Å². The predicted octanol–water partition coefficient (Wildman–Crippen LogP) is 7.82. The second-order valence-electron chi connectivity index (χ2n) is 18.3. The van der Waals surface area contributed by atoms with Crippen LogP contribution in [-0.4, -0.2) is 87.9 Å². The molecule has 0 radical (unpaired) electrons. The highest BCUT2D eigenvalue weighted by molar-refractivity contribution is 6.02. The van der Waals surface area contributed by atoms with Crippen LogP contribution in [0.4, 0.5) is 11.5 Å². The predicted molar refractivity (Wildman–Crippen MR) is 242 cm³/mol. The van der Waals surface area contributed by atoms with Gasteiger partial charge in [-0.2, -0.15) is 5.10 Å². The fourth-order valence-electron chi connectivity index (χ4n) is 10.6. The summed E-state index contributed by atoms with van der Waals surface area (Å²) >= 11 is 0. The number of nitrogens with one attached hydrogen (secondary N) is 1. The summed E-state index contributed by atoms with van der Waals surface area (Å²) in [5, 5.41) is 18.4. The molecule has 324 valence electrons. The van der Waals surface area contributed by atoms with Crippen LogP contribution >= 0.6 is 0 Å². The third-order valence-electron chi connectivity index (χ3n) is 14.0. The number of hydrogen-bond acceptors (Lipinski definition) is 9. The molecule has 2 saturated heterocycles. The number of carboxylic acids is 1. The van der Waals surface area contributed by atoms with E-state index in [1.54, 1.807) is 0 Å². The second kappa shape index (κ2) is 17.6. The third-order valence-corrected chi connectivity index (χ3v) is 14.0. The number of aromatic carboxylic acids is 1. The van der Waals surface area contributed by atoms with E-state index in [0.717, 1.165) is 98.5 Å². The lowest BCUT2D eigenvalue weighted by molar-refractivity contribution is -0.134. The summed E-state index contributed by atoms with van der Waals surface area (Å²) in [5.74, 6) is 0.979. The van der Waals surface area contributed by atoms with Crippen molar-refractivity contribution in [2.45, 2.75) is 90.7 Å². The number of rotatable bonds is 11. The first-order valence-electron chi connectivity index (χ1n) is 22.6. The fraction of sp³-hybridized carbons (Fsp3) is 0.460. The Kier molecular flexibility index (Phi) is 11.8. The highest BCUT2D eigenvalue weighted by Gasteiger charge is 2.32. The summed E-state index contributed by atoms with van der Waals surface area (Å²) in [6.07, 6.45) is 7.60. The summed E-state index contributed by atoms with van der Waals surface area (Å²) in [7, 11) is 1.93. The molecule has 9 rings (SSSR count). The number of carbonyl (C=O) groups excluding carboxylic acids is 2. The van der Waals surface area contributed by atoms with E-state index in [0.29, 0.717) is 36.1 Å². The van der Waals surface area contributed by atoms with Gasteiger partial charge in [0, 0.05) is 75.9 Å². The van der Waals surface area contributed by atoms with Crippen LogP contribution in [0.15, 0.2) is 66.7 Å². The number of piperazine rings is 1. The Hall–Kier alpha value is -5.75. The van der Waals surface area contributed by atoms with E-state index in [2.05, 4.69) is 70.3 Å². The van der Waals surface area contributed by atoms with Crippen molar-refractivity contribution in [2.75, 3.05) is 49.1 Å². The Balaban J connectivity index is 0.738. The molecule has 2 amide bonds. The summed E-state index contributed by atoms with van der Waals surface area (Å²) in [6.45, 7) is 13.2. The Morgan fingerprint density at radius 3 is 2.42 bits per heavy atom. The first-order chi connectivity index (χ1) is 30.0. The lowest BCUT2D eigenvalue weighted by Crippen LogP contribution is -2.47. The monoisotopic (exact) mass is 837 g/mol. The number of imide groups is 1. The number of anilines is 2. The van der Waals surface area contributed by atoms with Gasteiger partial charge in [-0.05, 0) is 141 Å². The smallest absolute Gasteiger partial charge is 0.355 e. The number of ether oxygens (including phenoxy) is 1. The van der Waals surface area contributed by atoms with Gasteiger partial charge in [-0.25, -0.2) is 9.78 Å². The van der Waals surface area contributed by atoms with Crippen molar-refractivity contribution in [3.63, 3.8) is 0 Å². The third kappa shape index (κ3) is 8.66. The molecule has 3 fully saturated rings. The van der Waals surface area contributed by atoms with Crippen LogP contribution < -0.4 is 19.9 Å². The number of pyridine rings is 1. The molecule has 3 aliphatic heterocycles. The average molecular weight is 838 g/mol. The van der Waals surface area contributed by atoms with Crippen LogP contribution in [0.25, 0.3) is 22.0 Å². The molecule has 3 aromatic carbocycles. The van der Waals surface area contributed by atoms with Crippen molar-refractivity contribution in [3.05, 3.63) is 100 Å². The zero-order chi connectivity index (χ0) is 43.1. The van der Waals surface area contributed by atoms with Crippen molar-refractivity contribution in [1.82, 2.24) is 25.0 Å². The van der Waals surface area contributed by atoms with Crippen LogP contribution in [0.1, 0.15) is 96.2 Å². The van der Waals surface area contributed by atoms with E-state index in [4.69, 9.17) is 14.8 Å². The minimum Gasteiger partial charge on any atom is -0.490 e. The Morgan fingerprint density at radius 2 is 1.66 bits per heavy atom. The molecular formula is C50H59N7O5. The number of aromatic nitrogens is 3. The molecule has 2 unspecified atom stereocenters. The molecule has 12 nitrogen and oxygen atoms in total. The molecule has 1 saturated carbocycles. The maximum absolute atomic E-state index is 12.6. The number of aryl methyl sites for hydroxylation is 3. The van der Waals surface area contributed by atoms with E-state index in [1.807, 2.05) is 49.0 Å². The molecule has 0 bridgehead atoms. The number of amides is 2. The van der Waals surface area contributed by atoms with Crippen molar-refractivity contribution >= 4 is 40.2 Å². The number of hydrogen-bond donors (Lipinski definition) is 2. The average Bonchev–Trinajstić information content (AvgIpc) is 3.59. The molecule has 1 aliphatic carbocycles. The molecular weight excluding hydrogens is 779 g/mol. The summed E-state index contributed by atoms with van der Waals surface area (Å²) < 4.78 is 8.41. The molecule has 12 heteroatoms. The number of carbonyl (C=O) groups is 3. The lowest BCUT2D eigenvalue weighted by atomic mass is 9.82. The highest BCUT2D eigenvalue weighted by atomic mass is 16.5. The second-order valence-corrected chi connectivity index (χ2v) is 18.3. The van der Waals surface area contributed by atoms with Gasteiger partial charge in [0.1, 0.15) is 11.6 Å². The van der Waals surface area contributed by atoms with Crippen molar-refractivity contribution in [1.29, 1.82) is 0 Å². The fourth-order valence-corrected chi connectivity index (χ4v) is 10.6. The van der Waals surface area contributed by atoms with Crippen molar-refractivity contribution in [2.24, 2.45) is 18.9 Å². The van der Waals surface area contributed by atoms with Crippen molar-refractivity contribution < 1.29 is 24.2 Å². The summed E-state index contributed by atoms with van der Waals surface area (Å²) in [4.78, 5) is 48.8. The first kappa shape index (κ1) is 41.6. The SMILES string of the molecule is Cc1cc(OC2CCC(CC(C)CN3CCN(c4ccc5c(C6CCC(=O)NC6=O)nn(C)c5c4)CC3)CC2)ccc1-c1ccc(N2CCc3cccc(C)c3C2)nc1C(=O)O. The largest absolute Gasteiger partial charge is 0.490 e. The molecule has 62 heavy (non-hydrogen) atoms. The lowest BCUT2D eigenvalue weighted by Gasteiger charge is -2.38. The zero-order valence-corrected chi connectivity index (χ0v) is 36.5. The van der Waals surface area contributed by atoms with Gasteiger partial charge in [-0.1, -0.05) is 31.2 Å². The zero-order valence-electron chi connectivity index (χ0n) is 36.5. The molecule has 5 aromatic rings. The van der Waals surface area contributed by atoms with E-state index in [1.165, 1.54) is 41.6 Å². The normalized spacial score (nSPS) is 21.5.